The summed E-state index contributed by atoms with van der Waals surface area (Å²) in [5.41, 5.74) is 2.60. The molecule has 1 fully saturated rings. The van der Waals surface area contributed by atoms with Gasteiger partial charge in [-0.25, -0.2) is 0 Å². The van der Waals surface area contributed by atoms with E-state index in [9.17, 15) is 9.59 Å². The van der Waals surface area contributed by atoms with Crippen LogP contribution in [0.5, 0.6) is 0 Å². The third-order valence-electron chi connectivity index (χ3n) is 5.81. The van der Waals surface area contributed by atoms with Crippen molar-refractivity contribution in [3.8, 4) is 0 Å². The highest BCUT2D eigenvalue weighted by Gasteiger charge is 2.38. The average molecular weight is 406 g/mol. The fourth-order valence-electron chi connectivity index (χ4n) is 4.05. The van der Waals surface area contributed by atoms with Gasteiger partial charge in [-0.1, -0.05) is 25.0 Å². The van der Waals surface area contributed by atoms with Crippen molar-refractivity contribution in [2.45, 2.75) is 51.6 Å². The Labute approximate surface area is 175 Å². The number of carbonyl (C=O) groups is 2. The van der Waals surface area contributed by atoms with E-state index in [0.29, 0.717) is 11.4 Å². The van der Waals surface area contributed by atoms with Crippen molar-refractivity contribution >= 4 is 17.5 Å². The molecule has 1 aromatic carbocycles. The Hall–Kier alpha value is -3.28. The second-order valence-electron chi connectivity index (χ2n) is 7.78. The number of benzene rings is 1. The summed E-state index contributed by atoms with van der Waals surface area (Å²) in [6.45, 7) is 3.93. The van der Waals surface area contributed by atoms with Crippen LogP contribution in [0.1, 0.15) is 59.2 Å². The zero-order chi connectivity index (χ0) is 21.1. The van der Waals surface area contributed by atoms with Crippen molar-refractivity contribution in [2.24, 2.45) is 0 Å². The number of hydrogen-bond acceptors (Lipinski definition) is 4. The molecule has 4 rings (SSSR count). The van der Waals surface area contributed by atoms with Crippen molar-refractivity contribution in [3.05, 3.63) is 77.6 Å². The SMILES string of the molecule is Cc1cccc(N(C(=O)c2ccco2)[C@H](C(=O)NC2CCCC2)c2ccco2)c1C. The summed E-state index contributed by atoms with van der Waals surface area (Å²) in [5, 5.41) is 3.13. The molecule has 156 valence electrons. The van der Waals surface area contributed by atoms with Gasteiger partial charge in [-0.05, 0) is 68.1 Å². The fraction of sp³-hybridized carbons (Fsp3) is 0.333. The van der Waals surface area contributed by atoms with Gasteiger partial charge in [0.25, 0.3) is 11.8 Å². The summed E-state index contributed by atoms with van der Waals surface area (Å²) >= 11 is 0. The van der Waals surface area contributed by atoms with E-state index in [1.165, 1.54) is 17.4 Å². The smallest absolute Gasteiger partial charge is 0.295 e. The molecule has 0 bridgehead atoms. The summed E-state index contributed by atoms with van der Waals surface area (Å²) in [7, 11) is 0. The standard InChI is InChI=1S/C24H26N2O4/c1-16-8-5-11-19(17(16)2)26(24(28)21-13-7-15-30-21)22(20-12-6-14-29-20)23(27)25-18-9-3-4-10-18/h5-8,11-15,18,22H,3-4,9-10H2,1-2H3,(H,25,27)/t22-/m0/s1. The molecule has 0 unspecified atom stereocenters. The maximum atomic E-state index is 13.6. The lowest BCUT2D eigenvalue weighted by atomic mass is 10.0. The highest BCUT2D eigenvalue weighted by Crippen LogP contribution is 2.34. The van der Waals surface area contributed by atoms with Gasteiger partial charge in [0.2, 0.25) is 0 Å². The first-order valence-electron chi connectivity index (χ1n) is 10.3. The van der Waals surface area contributed by atoms with Gasteiger partial charge in [0.1, 0.15) is 5.76 Å². The zero-order valence-electron chi connectivity index (χ0n) is 17.3. The number of anilines is 1. The topological polar surface area (TPSA) is 75.7 Å². The summed E-state index contributed by atoms with van der Waals surface area (Å²) in [6.07, 6.45) is 7.07. The molecule has 6 nitrogen and oxygen atoms in total. The Morgan fingerprint density at radius 2 is 1.73 bits per heavy atom. The normalized spacial score (nSPS) is 15.1. The molecule has 2 amide bonds. The van der Waals surface area contributed by atoms with Gasteiger partial charge in [-0.15, -0.1) is 0 Å². The average Bonchev–Trinajstić information content (AvgIpc) is 3.51. The van der Waals surface area contributed by atoms with E-state index in [-0.39, 0.29) is 17.7 Å². The van der Waals surface area contributed by atoms with Crippen LogP contribution in [0.2, 0.25) is 0 Å². The van der Waals surface area contributed by atoms with E-state index in [4.69, 9.17) is 8.83 Å². The molecule has 1 N–H and O–H groups in total. The summed E-state index contributed by atoms with van der Waals surface area (Å²) in [4.78, 5) is 28.5. The quantitative estimate of drug-likeness (QED) is 0.629. The minimum Gasteiger partial charge on any atom is -0.467 e. The number of rotatable bonds is 6. The molecule has 0 spiro atoms. The van der Waals surface area contributed by atoms with Crippen LogP contribution < -0.4 is 10.2 Å². The van der Waals surface area contributed by atoms with Crippen molar-refractivity contribution in [3.63, 3.8) is 0 Å². The highest BCUT2D eigenvalue weighted by molar-refractivity contribution is 6.09. The molecule has 3 aromatic rings. The number of aryl methyl sites for hydroxylation is 1. The molecule has 2 aromatic heterocycles. The van der Waals surface area contributed by atoms with Crippen molar-refractivity contribution in [1.82, 2.24) is 5.32 Å². The minimum absolute atomic E-state index is 0.120. The monoisotopic (exact) mass is 406 g/mol. The molecule has 1 atom stereocenters. The zero-order valence-corrected chi connectivity index (χ0v) is 17.3. The first kappa shape index (κ1) is 20.0. The predicted molar refractivity (Wildman–Crippen MR) is 113 cm³/mol. The van der Waals surface area contributed by atoms with Crippen molar-refractivity contribution in [1.29, 1.82) is 0 Å². The molecule has 1 saturated carbocycles. The first-order chi connectivity index (χ1) is 14.6. The number of furan rings is 2. The Balaban J connectivity index is 1.81. The van der Waals surface area contributed by atoms with E-state index in [1.54, 1.807) is 24.3 Å². The Bertz CT molecular complexity index is 1000. The molecule has 30 heavy (non-hydrogen) atoms. The molecular weight excluding hydrogens is 380 g/mol. The molecule has 6 heteroatoms. The number of amides is 2. The van der Waals surface area contributed by atoms with Crippen LogP contribution >= 0.6 is 0 Å². The van der Waals surface area contributed by atoms with Gasteiger partial charge in [-0.3, -0.25) is 14.5 Å². The van der Waals surface area contributed by atoms with Gasteiger partial charge in [0, 0.05) is 11.7 Å². The van der Waals surface area contributed by atoms with Gasteiger partial charge < -0.3 is 14.2 Å². The number of nitrogens with zero attached hydrogens (tertiary/aromatic N) is 1. The van der Waals surface area contributed by atoms with Crippen LogP contribution in [-0.4, -0.2) is 17.9 Å². The summed E-state index contributed by atoms with van der Waals surface area (Å²) < 4.78 is 11.0. The van der Waals surface area contributed by atoms with Crippen LogP contribution in [0, 0.1) is 13.8 Å². The maximum Gasteiger partial charge on any atom is 0.295 e. The molecule has 0 saturated heterocycles. The van der Waals surface area contributed by atoms with Gasteiger partial charge in [0.05, 0.1) is 12.5 Å². The summed E-state index contributed by atoms with van der Waals surface area (Å²) in [5.74, 6) is -0.0678. The Kier molecular flexibility index (Phi) is 5.74. The van der Waals surface area contributed by atoms with Crippen LogP contribution in [0.15, 0.2) is 63.8 Å². The molecule has 2 heterocycles. The molecule has 1 aliphatic carbocycles. The van der Waals surface area contributed by atoms with Gasteiger partial charge in [0.15, 0.2) is 11.8 Å². The number of nitrogens with one attached hydrogen (secondary N) is 1. The lowest BCUT2D eigenvalue weighted by molar-refractivity contribution is -0.123. The summed E-state index contributed by atoms with van der Waals surface area (Å²) in [6, 6.07) is 11.6. The van der Waals surface area contributed by atoms with Gasteiger partial charge >= 0.3 is 0 Å². The first-order valence-corrected chi connectivity index (χ1v) is 10.3. The predicted octanol–water partition coefficient (Wildman–Crippen LogP) is 4.94. The van der Waals surface area contributed by atoms with Crippen LogP contribution in [0.25, 0.3) is 0 Å². The minimum atomic E-state index is -0.946. The van der Waals surface area contributed by atoms with E-state index in [0.717, 1.165) is 36.8 Å². The highest BCUT2D eigenvalue weighted by atomic mass is 16.3. The van der Waals surface area contributed by atoms with Crippen molar-refractivity contribution < 1.29 is 18.4 Å². The third kappa shape index (κ3) is 3.90. The lowest BCUT2D eigenvalue weighted by Gasteiger charge is -2.31. The number of carbonyl (C=O) groups excluding carboxylic acids is 2. The second-order valence-corrected chi connectivity index (χ2v) is 7.78. The van der Waals surface area contributed by atoms with Crippen LogP contribution in [0.4, 0.5) is 5.69 Å². The molecule has 0 radical (unpaired) electrons. The van der Waals surface area contributed by atoms with E-state index >= 15 is 0 Å². The van der Waals surface area contributed by atoms with Gasteiger partial charge in [-0.2, -0.15) is 0 Å². The largest absolute Gasteiger partial charge is 0.467 e. The molecule has 0 aliphatic heterocycles. The molecule has 1 aliphatic rings. The Morgan fingerprint density at radius 1 is 1.00 bits per heavy atom. The van der Waals surface area contributed by atoms with E-state index in [2.05, 4.69) is 5.32 Å². The number of hydrogen-bond donors (Lipinski definition) is 1. The van der Waals surface area contributed by atoms with E-state index < -0.39 is 11.9 Å². The fourth-order valence-corrected chi connectivity index (χ4v) is 4.05. The lowest BCUT2D eigenvalue weighted by Crippen LogP contribution is -2.46. The third-order valence-corrected chi connectivity index (χ3v) is 5.81. The van der Waals surface area contributed by atoms with Crippen molar-refractivity contribution in [2.75, 3.05) is 4.90 Å². The van der Waals surface area contributed by atoms with Crippen LogP contribution in [-0.2, 0) is 4.79 Å². The second kappa shape index (κ2) is 8.61. The molecular formula is C24H26N2O4. The maximum absolute atomic E-state index is 13.6. The van der Waals surface area contributed by atoms with E-state index in [1.807, 2.05) is 32.0 Å². The Morgan fingerprint density at radius 3 is 2.40 bits per heavy atom. The van der Waals surface area contributed by atoms with Crippen LogP contribution in [0.3, 0.4) is 0 Å².